The maximum absolute atomic E-state index is 11.3. The zero-order valence-electron chi connectivity index (χ0n) is 10.8. The Bertz CT molecular complexity index is 572. The third kappa shape index (κ3) is 4.29. The van der Waals surface area contributed by atoms with E-state index in [4.69, 9.17) is 4.74 Å². The molecule has 2 N–H and O–H groups in total. The monoisotopic (exact) mass is 336 g/mol. The van der Waals surface area contributed by atoms with Gasteiger partial charge in [0.25, 0.3) is 0 Å². The molecule has 1 aromatic carbocycles. The van der Waals surface area contributed by atoms with Crippen molar-refractivity contribution in [1.82, 2.24) is 9.97 Å². The highest BCUT2D eigenvalue weighted by Crippen LogP contribution is 2.17. The van der Waals surface area contributed by atoms with Crippen molar-refractivity contribution in [2.45, 2.75) is 0 Å². The number of aromatic nitrogens is 2. The fourth-order valence-corrected chi connectivity index (χ4v) is 1.68. The standard InChI is InChI=1S/C13H13BrN4O2/c1-20-8-12(19)17-10-2-4-11(5-3-10)18-13-15-6-9(14)7-16-13/h2-7H,8H2,1H3,(H,17,19)(H,15,16,18). The van der Waals surface area contributed by atoms with Crippen molar-refractivity contribution in [2.24, 2.45) is 0 Å². The number of halogens is 1. The number of hydrogen-bond acceptors (Lipinski definition) is 5. The molecule has 0 aliphatic heterocycles. The number of hydrogen-bond donors (Lipinski definition) is 2. The summed E-state index contributed by atoms with van der Waals surface area (Å²) >= 11 is 3.27. The first kappa shape index (κ1) is 14.4. The van der Waals surface area contributed by atoms with Crippen LogP contribution in [-0.2, 0) is 9.53 Å². The van der Waals surface area contributed by atoms with E-state index in [9.17, 15) is 4.79 Å². The van der Waals surface area contributed by atoms with Gasteiger partial charge in [-0.15, -0.1) is 0 Å². The number of methoxy groups -OCH3 is 1. The van der Waals surface area contributed by atoms with E-state index in [1.165, 1.54) is 7.11 Å². The maximum Gasteiger partial charge on any atom is 0.250 e. The Kier molecular flexibility index (Phi) is 5.03. The molecule has 2 aromatic rings. The Labute approximate surface area is 124 Å². The molecule has 2 rings (SSSR count). The molecular formula is C13H13BrN4O2. The number of ether oxygens (including phenoxy) is 1. The van der Waals surface area contributed by atoms with Crippen LogP contribution in [0, 0.1) is 0 Å². The van der Waals surface area contributed by atoms with Gasteiger partial charge in [0.1, 0.15) is 6.61 Å². The fraction of sp³-hybridized carbons (Fsp3) is 0.154. The highest BCUT2D eigenvalue weighted by Gasteiger charge is 2.02. The summed E-state index contributed by atoms with van der Waals surface area (Å²) in [6, 6.07) is 7.23. The van der Waals surface area contributed by atoms with Crippen LogP contribution in [0.5, 0.6) is 0 Å². The number of benzene rings is 1. The second kappa shape index (κ2) is 6.97. The minimum Gasteiger partial charge on any atom is -0.375 e. The molecule has 0 spiro atoms. The van der Waals surface area contributed by atoms with E-state index in [-0.39, 0.29) is 12.5 Å². The van der Waals surface area contributed by atoms with E-state index in [0.717, 1.165) is 10.2 Å². The van der Waals surface area contributed by atoms with Crippen molar-refractivity contribution in [1.29, 1.82) is 0 Å². The summed E-state index contributed by atoms with van der Waals surface area (Å²) in [5, 5.41) is 5.77. The third-order valence-electron chi connectivity index (χ3n) is 2.32. The second-order valence-electron chi connectivity index (χ2n) is 3.91. The molecule has 6 nitrogen and oxygen atoms in total. The normalized spacial score (nSPS) is 10.1. The van der Waals surface area contributed by atoms with Crippen molar-refractivity contribution in [3.63, 3.8) is 0 Å². The van der Waals surface area contributed by atoms with Gasteiger partial charge in [-0.3, -0.25) is 4.79 Å². The number of amides is 1. The van der Waals surface area contributed by atoms with E-state index < -0.39 is 0 Å². The molecule has 0 aliphatic carbocycles. The van der Waals surface area contributed by atoms with Crippen molar-refractivity contribution >= 4 is 39.2 Å². The van der Waals surface area contributed by atoms with Crippen molar-refractivity contribution in [3.8, 4) is 0 Å². The van der Waals surface area contributed by atoms with Gasteiger partial charge in [0.2, 0.25) is 11.9 Å². The Balaban J connectivity index is 1.97. The Hall–Kier alpha value is -1.99. The molecule has 1 heterocycles. The molecule has 0 bridgehead atoms. The summed E-state index contributed by atoms with van der Waals surface area (Å²) in [4.78, 5) is 19.6. The largest absolute Gasteiger partial charge is 0.375 e. The molecule has 0 atom stereocenters. The van der Waals surface area contributed by atoms with E-state index in [0.29, 0.717) is 11.6 Å². The fourth-order valence-electron chi connectivity index (χ4n) is 1.47. The van der Waals surface area contributed by atoms with Crippen LogP contribution in [0.3, 0.4) is 0 Å². The van der Waals surface area contributed by atoms with Crippen molar-refractivity contribution in [3.05, 3.63) is 41.1 Å². The van der Waals surface area contributed by atoms with Gasteiger partial charge >= 0.3 is 0 Å². The first-order chi connectivity index (χ1) is 9.67. The van der Waals surface area contributed by atoms with Gasteiger partial charge in [-0.1, -0.05) is 0 Å². The topological polar surface area (TPSA) is 76.1 Å². The van der Waals surface area contributed by atoms with E-state index in [1.54, 1.807) is 24.5 Å². The van der Waals surface area contributed by atoms with Crippen LogP contribution in [0.25, 0.3) is 0 Å². The highest BCUT2D eigenvalue weighted by atomic mass is 79.9. The lowest BCUT2D eigenvalue weighted by molar-refractivity contribution is -0.119. The van der Waals surface area contributed by atoms with Crippen LogP contribution in [0.15, 0.2) is 41.1 Å². The number of carbonyl (C=O) groups excluding carboxylic acids is 1. The highest BCUT2D eigenvalue weighted by molar-refractivity contribution is 9.10. The summed E-state index contributed by atoms with van der Waals surface area (Å²) < 4.78 is 5.56. The van der Waals surface area contributed by atoms with Crippen molar-refractivity contribution in [2.75, 3.05) is 24.4 Å². The van der Waals surface area contributed by atoms with Crippen LogP contribution >= 0.6 is 15.9 Å². The van der Waals surface area contributed by atoms with Gasteiger partial charge < -0.3 is 15.4 Å². The SMILES string of the molecule is COCC(=O)Nc1ccc(Nc2ncc(Br)cn2)cc1. The minimum absolute atomic E-state index is 0.0345. The average molecular weight is 337 g/mol. The molecule has 0 aliphatic rings. The summed E-state index contributed by atoms with van der Waals surface area (Å²) in [7, 11) is 1.48. The molecule has 0 radical (unpaired) electrons. The summed E-state index contributed by atoms with van der Waals surface area (Å²) in [5.41, 5.74) is 1.53. The van der Waals surface area contributed by atoms with Crippen LogP contribution in [0.2, 0.25) is 0 Å². The third-order valence-corrected chi connectivity index (χ3v) is 2.73. The number of nitrogens with one attached hydrogen (secondary N) is 2. The molecule has 104 valence electrons. The van der Waals surface area contributed by atoms with Gasteiger partial charge in [0.15, 0.2) is 0 Å². The lowest BCUT2D eigenvalue weighted by Crippen LogP contribution is -2.16. The van der Waals surface area contributed by atoms with Crippen molar-refractivity contribution < 1.29 is 9.53 Å². The second-order valence-corrected chi connectivity index (χ2v) is 4.82. The van der Waals surface area contributed by atoms with Gasteiger partial charge in [-0.05, 0) is 40.2 Å². The first-order valence-corrected chi connectivity index (χ1v) is 6.60. The zero-order chi connectivity index (χ0) is 14.4. The zero-order valence-corrected chi connectivity index (χ0v) is 12.3. The molecule has 0 saturated carbocycles. The first-order valence-electron chi connectivity index (χ1n) is 5.81. The van der Waals surface area contributed by atoms with Crippen LogP contribution in [-0.4, -0.2) is 29.6 Å². The molecule has 0 fully saturated rings. The number of anilines is 3. The molecule has 0 saturated heterocycles. The predicted molar refractivity (Wildman–Crippen MR) is 80.0 cm³/mol. The lowest BCUT2D eigenvalue weighted by atomic mass is 10.3. The van der Waals surface area contributed by atoms with E-state index in [1.807, 2.05) is 12.1 Å². The lowest BCUT2D eigenvalue weighted by Gasteiger charge is -2.07. The molecule has 0 unspecified atom stereocenters. The Morgan fingerprint density at radius 2 is 1.80 bits per heavy atom. The van der Waals surface area contributed by atoms with Gasteiger partial charge in [0, 0.05) is 30.9 Å². The van der Waals surface area contributed by atoms with Crippen LogP contribution in [0.4, 0.5) is 17.3 Å². The summed E-state index contributed by atoms with van der Waals surface area (Å²) in [6.07, 6.45) is 3.32. The van der Waals surface area contributed by atoms with Gasteiger partial charge in [-0.2, -0.15) is 0 Å². The summed E-state index contributed by atoms with van der Waals surface area (Å²) in [5.74, 6) is 0.314. The number of carbonyl (C=O) groups is 1. The minimum atomic E-state index is -0.190. The quantitative estimate of drug-likeness (QED) is 0.877. The smallest absolute Gasteiger partial charge is 0.250 e. The molecule has 1 amide bonds. The van der Waals surface area contributed by atoms with Gasteiger partial charge in [-0.25, -0.2) is 9.97 Å². The molecule has 1 aromatic heterocycles. The molecule has 7 heteroatoms. The van der Waals surface area contributed by atoms with Crippen LogP contribution < -0.4 is 10.6 Å². The van der Waals surface area contributed by atoms with Gasteiger partial charge in [0.05, 0.1) is 4.47 Å². The van der Waals surface area contributed by atoms with Crippen LogP contribution in [0.1, 0.15) is 0 Å². The molecular weight excluding hydrogens is 324 g/mol. The number of rotatable bonds is 5. The average Bonchev–Trinajstić information content (AvgIpc) is 2.44. The predicted octanol–water partition coefficient (Wildman–Crippen LogP) is 2.57. The maximum atomic E-state index is 11.3. The molecule has 20 heavy (non-hydrogen) atoms. The van der Waals surface area contributed by atoms with E-state index in [2.05, 4.69) is 36.5 Å². The Morgan fingerprint density at radius 1 is 1.20 bits per heavy atom. The number of nitrogens with zero attached hydrogens (tertiary/aromatic N) is 2. The summed E-state index contributed by atoms with van der Waals surface area (Å²) in [6.45, 7) is 0.0345. The Morgan fingerprint density at radius 3 is 2.40 bits per heavy atom. The van der Waals surface area contributed by atoms with E-state index >= 15 is 0 Å².